The summed E-state index contributed by atoms with van der Waals surface area (Å²) in [6, 6.07) is 10.7. The lowest BCUT2D eigenvalue weighted by Crippen LogP contribution is -2.47. The van der Waals surface area contributed by atoms with Crippen molar-refractivity contribution in [3.63, 3.8) is 0 Å². The zero-order valence-corrected chi connectivity index (χ0v) is 19.9. The average Bonchev–Trinajstić information content (AvgIpc) is 3.47. The zero-order valence-electron chi connectivity index (χ0n) is 19.1. The number of halogens is 1. The van der Waals surface area contributed by atoms with Crippen molar-refractivity contribution in [3.05, 3.63) is 59.0 Å². The van der Waals surface area contributed by atoms with Gasteiger partial charge in [-0.1, -0.05) is 23.7 Å². The third-order valence-electron chi connectivity index (χ3n) is 8.26. The van der Waals surface area contributed by atoms with Gasteiger partial charge in [0, 0.05) is 11.4 Å². The Kier molecular flexibility index (Phi) is 5.51. The normalized spacial score (nSPS) is 31.6. The minimum Gasteiger partial charge on any atom is -0.467 e. The van der Waals surface area contributed by atoms with Gasteiger partial charge in [-0.05, 0) is 91.5 Å². The summed E-state index contributed by atoms with van der Waals surface area (Å²) in [6.07, 6.45) is 9.98. The second kappa shape index (κ2) is 8.56. The molecule has 0 saturated heterocycles. The van der Waals surface area contributed by atoms with Gasteiger partial charge in [-0.15, -0.1) is 0 Å². The standard InChI is InChI=1S/C27H29ClN2O4/c28-21-5-3-20(4-6-21)22-11-23(24-2-1-7-33-24)30(29-22)25(31)16-34-26(32)15-27-12-17-8-18(13-27)10-19(9-17)14-27/h1-7,17-19,23H,8-16H2. The average molecular weight is 481 g/mol. The summed E-state index contributed by atoms with van der Waals surface area (Å²) in [4.78, 5) is 25.9. The van der Waals surface area contributed by atoms with Gasteiger partial charge in [0.2, 0.25) is 0 Å². The van der Waals surface area contributed by atoms with E-state index in [0.29, 0.717) is 23.6 Å². The fraction of sp³-hybridized carbons (Fsp3) is 0.519. The molecule has 4 fully saturated rings. The van der Waals surface area contributed by atoms with E-state index < -0.39 is 0 Å². The number of ether oxygens (including phenoxy) is 1. The van der Waals surface area contributed by atoms with Gasteiger partial charge in [-0.3, -0.25) is 9.59 Å². The third kappa shape index (κ3) is 4.17. The molecule has 1 aliphatic heterocycles. The predicted octanol–water partition coefficient (Wildman–Crippen LogP) is 5.76. The van der Waals surface area contributed by atoms with Crippen molar-refractivity contribution in [3.8, 4) is 0 Å². The number of hydrogen-bond donors (Lipinski definition) is 0. The number of amides is 1. The molecular weight excluding hydrogens is 452 g/mol. The number of carbonyl (C=O) groups is 2. The van der Waals surface area contributed by atoms with Gasteiger partial charge in [0.15, 0.2) is 6.61 Å². The van der Waals surface area contributed by atoms with E-state index in [-0.39, 0.29) is 29.9 Å². The Morgan fingerprint density at radius 2 is 1.74 bits per heavy atom. The van der Waals surface area contributed by atoms with Crippen molar-refractivity contribution in [1.29, 1.82) is 0 Å². The highest BCUT2D eigenvalue weighted by molar-refractivity contribution is 6.30. The van der Waals surface area contributed by atoms with E-state index >= 15 is 0 Å². The van der Waals surface area contributed by atoms with E-state index in [1.165, 1.54) is 24.3 Å². The Hall–Kier alpha value is -2.60. The molecule has 1 aromatic heterocycles. The van der Waals surface area contributed by atoms with E-state index in [0.717, 1.165) is 48.3 Å². The molecule has 0 spiro atoms. The highest BCUT2D eigenvalue weighted by atomic mass is 35.5. The second-order valence-electron chi connectivity index (χ2n) is 10.8. The van der Waals surface area contributed by atoms with Crippen LogP contribution in [0.2, 0.25) is 5.02 Å². The van der Waals surface area contributed by atoms with Gasteiger partial charge >= 0.3 is 5.97 Å². The van der Waals surface area contributed by atoms with Gasteiger partial charge in [0.1, 0.15) is 11.8 Å². The fourth-order valence-corrected chi connectivity index (χ4v) is 7.46. The summed E-state index contributed by atoms with van der Waals surface area (Å²) in [5.41, 5.74) is 1.76. The molecule has 6 nitrogen and oxygen atoms in total. The third-order valence-corrected chi connectivity index (χ3v) is 8.51. The van der Waals surface area contributed by atoms with Crippen LogP contribution in [0.15, 0.2) is 52.2 Å². The van der Waals surface area contributed by atoms with E-state index in [4.69, 9.17) is 20.8 Å². The molecule has 1 amide bonds. The van der Waals surface area contributed by atoms with Gasteiger partial charge < -0.3 is 9.15 Å². The molecule has 4 saturated carbocycles. The van der Waals surface area contributed by atoms with Crippen molar-refractivity contribution < 1.29 is 18.7 Å². The molecule has 0 N–H and O–H groups in total. The molecule has 1 atom stereocenters. The molecule has 7 heteroatoms. The molecule has 1 aromatic carbocycles. The van der Waals surface area contributed by atoms with Crippen LogP contribution in [0.5, 0.6) is 0 Å². The Morgan fingerprint density at radius 1 is 1.06 bits per heavy atom. The van der Waals surface area contributed by atoms with Crippen molar-refractivity contribution in [1.82, 2.24) is 5.01 Å². The number of benzene rings is 1. The van der Waals surface area contributed by atoms with E-state index in [1.54, 1.807) is 24.5 Å². The summed E-state index contributed by atoms with van der Waals surface area (Å²) < 4.78 is 11.1. The Balaban J connectivity index is 1.13. The number of hydrogen-bond acceptors (Lipinski definition) is 5. The van der Waals surface area contributed by atoms with Crippen LogP contribution in [-0.2, 0) is 14.3 Å². The van der Waals surface area contributed by atoms with Crippen LogP contribution in [0.1, 0.15) is 68.7 Å². The molecule has 2 heterocycles. The first kappa shape index (κ1) is 21.9. The maximum absolute atomic E-state index is 13.1. The minimum atomic E-state index is -0.366. The number of nitrogens with zero attached hydrogens (tertiary/aromatic N) is 2. The molecule has 5 aliphatic rings. The molecule has 4 bridgehead atoms. The Bertz CT molecular complexity index is 1070. The lowest BCUT2D eigenvalue weighted by atomic mass is 9.49. The van der Waals surface area contributed by atoms with Crippen molar-refractivity contribution in [2.75, 3.05) is 6.61 Å². The van der Waals surface area contributed by atoms with Crippen LogP contribution in [0, 0.1) is 23.2 Å². The van der Waals surface area contributed by atoms with E-state index in [2.05, 4.69) is 5.10 Å². The lowest BCUT2D eigenvalue weighted by Gasteiger charge is -2.56. The predicted molar refractivity (Wildman–Crippen MR) is 127 cm³/mol. The summed E-state index contributed by atoms with van der Waals surface area (Å²) in [6.45, 7) is -0.306. The SMILES string of the molecule is O=C(CC12CC3CC(CC(C3)C1)C2)OCC(=O)N1N=C(c2ccc(Cl)cc2)CC1c1ccco1. The van der Waals surface area contributed by atoms with Crippen LogP contribution in [-0.4, -0.2) is 29.2 Å². The molecule has 4 aliphatic carbocycles. The van der Waals surface area contributed by atoms with Crippen molar-refractivity contribution in [2.24, 2.45) is 28.3 Å². The van der Waals surface area contributed by atoms with Crippen molar-refractivity contribution in [2.45, 2.75) is 57.4 Å². The number of hydrazone groups is 1. The lowest BCUT2D eigenvalue weighted by molar-refractivity contribution is -0.158. The largest absolute Gasteiger partial charge is 0.467 e. The van der Waals surface area contributed by atoms with Crippen LogP contribution in [0.4, 0.5) is 0 Å². The minimum absolute atomic E-state index is 0.0964. The first-order chi connectivity index (χ1) is 16.5. The topological polar surface area (TPSA) is 72.1 Å². The molecule has 1 unspecified atom stereocenters. The van der Waals surface area contributed by atoms with Crippen LogP contribution in [0.3, 0.4) is 0 Å². The monoisotopic (exact) mass is 480 g/mol. The molecule has 178 valence electrons. The van der Waals surface area contributed by atoms with E-state index in [1.807, 2.05) is 18.2 Å². The summed E-state index contributed by atoms with van der Waals surface area (Å²) in [5.74, 6) is 2.39. The van der Waals surface area contributed by atoms with Gasteiger partial charge in [-0.25, -0.2) is 5.01 Å². The first-order valence-electron chi connectivity index (χ1n) is 12.3. The number of furan rings is 1. The molecule has 2 aromatic rings. The fourth-order valence-electron chi connectivity index (χ4n) is 7.33. The molecule has 0 radical (unpaired) electrons. The highest BCUT2D eigenvalue weighted by Gasteiger charge is 2.51. The van der Waals surface area contributed by atoms with Crippen LogP contribution >= 0.6 is 11.6 Å². The van der Waals surface area contributed by atoms with Gasteiger partial charge in [0.25, 0.3) is 5.91 Å². The summed E-state index contributed by atoms with van der Waals surface area (Å²) in [5, 5.41) is 6.64. The van der Waals surface area contributed by atoms with Crippen LogP contribution < -0.4 is 0 Å². The number of esters is 1. The Morgan fingerprint density at radius 3 is 2.35 bits per heavy atom. The summed E-state index contributed by atoms with van der Waals surface area (Å²) >= 11 is 6.02. The Labute approximate surface area is 204 Å². The quantitative estimate of drug-likeness (QED) is 0.493. The maximum atomic E-state index is 13.1. The summed E-state index contributed by atoms with van der Waals surface area (Å²) in [7, 11) is 0. The maximum Gasteiger partial charge on any atom is 0.306 e. The zero-order chi connectivity index (χ0) is 23.3. The molecular formula is C27H29ClN2O4. The highest BCUT2D eigenvalue weighted by Crippen LogP contribution is 2.61. The first-order valence-corrected chi connectivity index (χ1v) is 12.7. The van der Waals surface area contributed by atoms with E-state index in [9.17, 15) is 9.59 Å². The molecule has 7 rings (SSSR count). The number of rotatable bonds is 6. The molecule has 34 heavy (non-hydrogen) atoms. The van der Waals surface area contributed by atoms with Crippen molar-refractivity contribution >= 4 is 29.2 Å². The second-order valence-corrected chi connectivity index (χ2v) is 11.2. The van der Waals surface area contributed by atoms with Gasteiger partial charge in [0.05, 0.1) is 18.4 Å². The smallest absolute Gasteiger partial charge is 0.306 e. The number of carbonyl (C=O) groups excluding carboxylic acids is 2. The van der Waals surface area contributed by atoms with Gasteiger partial charge in [-0.2, -0.15) is 5.10 Å². The van der Waals surface area contributed by atoms with Crippen LogP contribution in [0.25, 0.3) is 0 Å².